The van der Waals surface area contributed by atoms with Crippen LogP contribution in [0.2, 0.25) is 0 Å². The molecule has 6 heteroatoms. The number of carbonyl (C=O) groups excluding carboxylic acids is 1. The first-order valence-corrected chi connectivity index (χ1v) is 9.02. The van der Waals surface area contributed by atoms with Gasteiger partial charge in [0.15, 0.2) is 0 Å². The van der Waals surface area contributed by atoms with Crippen molar-refractivity contribution in [3.8, 4) is 11.6 Å². The number of amides is 1. The third kappa shape index (κ3) is 4.20. The summed E-state index contributed by atoms with van der Waals surface area (Å²) in [6, 6.07) is 11.0. The highest BCUT2D eigenvalue weighted by molar-refractivity contribution is 7.99. The number of ether oxygens (including phenoxy) is 2. The van der Waals surface area contributed by atoms with Gasteiger partial charge in [-0.2, -0.15) is 11.8 Å². The Labute approximate surface area is 145 Å². The van der Waals surface area contributed by atoms with Crippen LogP contribution < -0.4 is 14.8 Å². The summed E-state index contributed by atoms with van der Waals surface area (Å²) in [7, 11) is 1.62. The molecule has 0 bridgehead atoms. The average molecular weight is 344 g/mol. The summed E-state index contributed by atoms with van der Waals surface area (Å²) in [5, 5.41) is 2.90. The molecule has 0 saturated carbocycles. The molecular formula is C18H20N2O3S. The maximum Gasteiger partial charge on any atom is 0.251 e. The Balaban J connectivity index is 1.62. The van der Waals surface area contributed by atoms with Crippen molar-refractivity contribution < 1.29 is 14.3 Å². The fourth-order valence-corrected chi connectivity index (χ4v) is 3.61. The Morgan fingerprint density at radius 3 is 3.04 bits per heavy atom. The molecule has 1 N–H and O–H groups in total. The lowest BCUT2D eigenvalue weighted by Gasteiger charge is -2.12. The summed E-state index contributed by atoms with van der Waals surface area (Å²) in [6.07, 6.45) is 2.82. The second-order valence-corrected chi connectivity index (χ2v) is 6.63. The molecule has 126 valence electrons. The molecular weight excluding hydrogens is 324 g/mol. The van der Waals surface area contributed by atoms with Crippen molar-refractivity contribution in [2.24, 2.45) is 0 Å². The SMILES string of the molecule is COc1ccccc1CNC(=O)c1ccnc(O[C@@H]2CCSC2)c1. The number of carbonyl (C=O) groups is 1. The van der Waals surface area contributed by atoms with E-state index in [1.807, 2.05) is 36.0 Å². The van der Waals surface area contributed by atoms with Crippen LogP contribution >= 0.6 is 11.8 Å². The number of methoxy groups -OCH3 is 1. The third-order valence-electron chi connectivity index (χ3n) is 3.80. The normalized spacial score (nSPS) is 16.6. The Hall–Kier alpha value is -2.21. The van der Waals surface area contributed by atoms with Crippen molar-refractivity contribution in [3.05, 3.63) is 53.7 Å². The molecule has 2 heterocycles. The van der Waals surface area contributed by atoms with E-state index >= 15 is 0 Å². The molecule has 1 aromatic heterocycles. The van der Waals surface area contributed by atoms with Crippen LogP contribution in [-0.4, -0.2) is 35.6 Å². The van der Waals surface area contributed by atoms with E-state index < -0.39 is 0 Å². The summed E-state index contributed by atoms with van der Waals surface area (Å²) < 4.78 is 11.1. The molecule has 1 fully saturated rings. The number of para-hydroxylation sites is 1. The van der Waals surface area contributed by atoms with E-state index in [1.165, 1.54) is 0 Å². The fraction of sp³-hybridized carbons (Fsp3) is 0.333. The van der Waals surface area contributed by atoms with Gasteiger partial charge in [-0.15, -0.1) is 0 Å². The zero-order valence-corrected chi connectivity index (χ0v) is 14.3. The Bertz CT molecular complexity index is 702. The number of nitrogens with zero attached hydrogens (tertiary/aromatic N) is 1. The lowest BCUT2D eigenvalue weighted by molar-refractivity contribution is 0.0949. The van der Waals surface area contributed by atoms with Crippen LogP contribution in [0.15, 0.2) is 42.6 Å². The molecule has 1 aliphatic rings. The molecule has 2 aromatic rings. The predicted octanol–water partition coefficient (Wildman–Crippen LogP) is 2.90. The van der Waals surface area contributed by atoms with Gasteiger partial charge in [-0.05, 0) is 24.3 Å². The van der Waals surface area contributed by atoms with Crippen LogP contribution in [0.3, 0.4) is 0 Å². The van der Waals surface area contributed by atoms with E-state index in [4.69, 9.17) is 9.47 Å². The topological polar surface area (TPSA) is 60.5 Å². The summed E-state index contributed by atoms with van der Waals surface area (Å²) in [5.41, 5.74) is 1.47. The highest BCUT2D eigenvalue weighted by Crippen LogP contribution is 2.22. The first kappa shape index (κ1) is 16.6. The quantitative estimate of drug-likeness (QED) is 0.873. The zero-order chi connectivity index (χ0) is 16.8. The lowest BCUT2D eigenvalue weighted by atomic mass is 10.2. The van der Waals surface area contributed by atoms with Crippen molar-refractivity contribution in [2.45, 2.75) is 19.1 Å². The predicted molar refractivity (Wildman–Crippen MR) is 94.8 cm³/mol. The second kappa shape index (κ2) is 8.06. The van der Waals surface area contributed by atoms with Gasteiger partial charge in [0.05, 0.1) is 7.11 Å². The molecule has 1 amide bonds. The maximum atomic E-state index is 12.4. The molecule has 0 unspecified atom stereocenters. The van der Waals surface area contributed by atoms with Crippen molar-refractivity contribution in [3.63, 3.8) is 0 Å². The van der Waals surface area contributed by atoms with Gasteiger partial charge < -0.3 is 14.8 Å². The Morgan fingerprint density at radius 1 is 1.38 bits per heavy atom. The van der Waals surface area contributed by atoms with Gasteiger partial charge in [0, 0.05) is 35.7 Å². The van der Waals surface area contributed by atoms with E-state index in [2.05, 4.69) is 10.3 Å². The van der Waals surface area contributed by atoms with Gasteiger partial charge in [0.1, 0.15) is 11.9 Å². The molecule has 1 saturated heterocycles. The van der Waals surface area contributed by atoms with Gasteiger partial charge >= 0.3 is 0 Å². The van der Waals surface area contributed by atoms with Crippen LogP contribution in [0.25, 0.3) is 0 Å². The van der Waals surface area contributed by atoms with E-state index in [1.54, 1.807) is 25.4 Å². The van der Waals surface area contributed by atoms with Crippen LogP contribution in [0.1, 0.15) is 22.3 Å². The molecule has 0 aliphatic carbocycles. The van der Waals surface area contributed by atoms with Gasteiger partial charge in [-0.25, -0.2) is 4.98 Å². The van der Waals surface area contributed by atoms with Crippen LogP contribution in [0, 0.1) is 0 Å². The molecule has 1 aromatic carbocycles. The minimum atomic E-state index is -0.158. The van der Waals surface area contributed by atoms with Gasteiger partial charge in [-0.3, -0.25) is 4.79 Å². The number of benzene rings is 1. The minimum Gasteiger partial charge on any atom is -0.496 e. The summed E-state index contributed by atoms with van der Waals surface area (Å²) in [6.45, 7) is 0.403. The lowest BCUT2D eigenvalue weighted by Crippen LogP contribution is -2.23. The van der Waals surface area contributed by atoms with E-state index in [9.17, 15) is 4.79 Å². The van der Waals surface area contributed by atoms with Crippen molar-refractivity contribution in [1.29, 1.82) is 0 Å². The second-order valence-electron chi connectivity index (χ2n) is 5.48. The Morgan fingerprint density at radius 2 is 2.25 bits per heavy atom. The standard InChI is InChI=1S/C18H20N2O3S/c1-22-16-5-3-2-4-14(16)11-20-18(21)13-6-8-19-17(10-13)23-15-7-9-24-12-15/h2-6,8,10,15H,7,9,11-12H2,1H3,(H,20,21)/t15-/m1/s1. The molecule has 3 rings (SSSR count). The summed E-state index contributed by atoms with van der Waals surface area (Å²) in [5.74, 6) is 3.20. The smallest absolute Gasteiger partial charge is 0.251 e. The van der Waals surface area contributed by atoms with Gasteiger partial charge in [0.25, 0.3) is 5.91 Å². The van der Waals surface area contributed by atoms with Gasteiger partial charge in [0.2, 0.25) is 5.88 Å². The van der Waals surface area contributed by atoms with E-state index in [-0.39, 0.29) is 12.0 Å². The van der Waals surface area contributed by atoms with Gasteiger partial charge in [-0.1, -0.05) is 18.2 Å². The molecule has 5 nitrogen and oxygen atoms in total. The van der Waals surface area contributed by atoms with E-state index in [0.29, 0.717) is 18.0 Å². The maximum absolute atomic E-state index is 12.4. The first-order valence-electron chi connectivity index (χ1n) is 7.87. The van der Waals surface area contributed by atoms with Crippen molar-refractivity contribution >= 4 is 17.7 Å². The van der Waals surface area contributed by atoms with Crippen LogP contribution in [0.5, 0.6) is 11.6 Å². The minimum absolute atomic E-state index is 0.158. The number of rotatable bonds is 6. The number of nitrogens with one attached hydrogen (secondary N) is 1. The highest BCUT2D eigenvalue weighted by Gasteiger charge is 2.18. The zero-order valence-electron chi connectivity index (χ0n) is 13.5. The largest absolute Gasteiger partial charge is 0.496 e. The number of hydrogen-bond acceptors (Lipinski definition) is 5. The number of pyridine rings is 1. The number of aromatic nitrogens is 1. The van der Waals surface area contributed by atoms with E-state index in [0.717, 1.165) is 29.2 Å². The van der Waals surface area contributed by atoms with Crippen molar-refractivity contribution in [2.75, 3.05) is 18.6 Å². The molecule has 0 radical (unpaired) electrons. The van der Waals surface area contributed by atoms with Crippen LogP contribution in [0.4, 0.5) is 0 Å². The first-order chi connectivity index (χ1) is 11.8. The molecule has 1 atom stereocenters. The van der Waals surface area contributed by atoms with Crippen LogP contribution in [-0.2, 0) is 6.54 Å². The third-order valence-corrected chi connectivity index (χ3v) is 4.94. The average Bonchev–Trinajstić information content (AvgIpc) is 3.13. The highest BCUT2D eigenvalue weighted by atomic mass is 32.2. The fourth-order valence-electron chi connectivity index (χ4n) is 2.52. The number of thioether (sulfide) groups is 1. The summed E-state index contributed by atoms with van der Waals surface area (Å²) in [4.78, 5) is 16.6. The summed E-state index contributed by atoms with van der Waals surface area (Å²) >= 11 is 1.88. The Kier molecular flexibility index (Phi) is 5.59. The monoisotopic (exact) mass is 344 g/mol. The van der Waals surface area contributed by atoms with Crippen molar-refractivity contribution in [1.82, 2.24) is 10.3 Å². The molecule has 24 heavy (non-hydrogen) atoms. The number of hydrogen-bond donors (Lipinski definition) is 1. The molecule has 1 aliphatic heterocycles. The molecule has 0 spiro atoms.